The highest BCUT2D eigenvalue weighted by molar-refractivity contribution is 6.32. The zero-order chi connectivity index (χ0) is 14.7. The Morgan fingerprint density at radius 3 is 2.50 bits per heavy atom. The van der Waals surface area contributed by atoms with E-state index in [9.17, 15) is 4.79 Å². The molecule has 0 saturated carbocycles. The Morgan fingerprint density at radius 2 is 1.80 bits per heavy atom. The molecule has 2 aromatic carbocycles. The van der Waals surface area contributed by atoms with Gasteiger partial charge < -0.3 is 4.74 Å². The van der Waals surface area contributed by atoms with Gasteiger partial charge in [0.2, 0.25) is 0 Å². The van der Waals surface area contributed by atoms with E-state index >= 15 is 0 Å². The Labute approximate surface area is 124 Å². The van der Waals surface area contributed by atoms with Crippen molar-refractivity contribution in [2.75, 3.05) is 6.61 Å². The molecule has 0 amide bonds. The van der Waals surface area contributed by atoms with Crippen LogP contribution in [0.2, 0.25) is 5.02 Å². The maximum atomic E-state index is 12.1. The van der Waals surface area contributed by atoms with Gasteiger partial charge in [0, 0.05) is 5.56 Å². The monoisotopic (exact) mass is 288 g/mol. The van der Waals surface area contributed by atoms with E-state index in [-0.39, 0.29) is 12.4 Å². The van der Waals surface area contributed by atoms with Gasteiger partial charge in [0.1, 0.15) is 5.75 Å². The molecule has 0 spiro atoms. The number of aryl methyl sites for hydroxylation is 3. The normalized spacial score (nSPS) is 10.4. The summed E-state index contributed by atoms with van der Waals surface area (Å²) in [6.45, 7) is 5.96. The largest absolute Gasteiger partial charge is 0.484 e. The van der Waals surface area contributed by atoms with Crippen LogP contribution in [0.4, 0.5) is 0 Å². The lowest BCUT2D eigenvalue weighted by Crippen LogP contribution is -2.12. The number of Topliss-reactive ketones (excluding diaryl/α,β-unsaturated/α-hetero) is 1. The smallest absolute Gasteiger partial charge is 0.200 e. The van der Waals surface area contributed by atoms with Crippen molar-refractivity contribution in [2.24, 2.45) is 0 Å². The fourth-order valence-electron chi connectivity index (χ4n) is 1.86. The Bertz CT molecular complexity index is 647. The van der Waals surface area contributed by atoms with Gasteiger partial charge in [-0.15, -0.1) is 0 Å². The van der Waals surface area contributed by atoms with Gasteiger partial charge in [-0.25, -0.2) is 0 Å². The molecule has 0 saturated heterocycles. The second-order valence-electron chi connectivity index (χ2n) is 4.94. The molecular weight excluding hydrogens is 272 g/mol. The molecule has 0 aliphatic rings. The first-order valence-electron chi connectivity index (χ1n) is 6.47. The summed E-state index contributed by atoms with van der Waals surface area (Å²) in [5.41, 5.74) is 3.98. The van der Waals surface area contributed by atoms with Crippen LogP contribution < -0.4 is 4.74 Å². The molecule has 0 aliphatic carbocycles. The van der Waals surface area contributed by atoms with Crippen molar-refractivity contribution in [1.29, 1.82) is 0 Å². The minimum absolute atomic E-state index is 0.00826. The Balaban J connectivity index is 2.08. The second kappa shape index (κ2) is 6.10. The molecule has 0 unspecified atom stereocenters. The first kappa shape index (κ1) is 14.6. The summed E-state index contributed by atoms with van der Waals surface area (Å²) < 4.78 is 5.52. The molecule has 0 bridgehead atoms. The predicted molar refractivity (Wildman–Crippen MR) is 81.9 cm³/mol. The second-order valence-corrected chi connectivity index (χ2v) is 5.35. The first-order valence-corrected chi connectivity index (χ1v) is 6.84. The van der Waals surface area contributed by atoms with Crippen molar-refractivity contribution in [3.63, 3.8) is 0 Å². The maximum absolute atomic E-state index is 12.1. The summed E-state index contributed by atoms with van der Waals surface area (Å²) in [4.78, 5) is 12.1. The summed E-state index contributed by atoms with van der Waals surface area (Å²) in [7, 11) is 0. The lowest BCUT2D eigenvalue weighted by Gasteiger charge is -2.09. The molecular formula is C17H17ClO2. The van der Waals surface area contributed by atoms with Crippen molar-refractivity contribution in [2.45, 2.75) is 20.8 Å². The van der Waals surface area contributed by atoms with Gasteiger partial charge in [-0.1, -0.05) is 29.8 Å². The van der Waals surface area contributed by atoms with E-state index < -0.39 is 0 Å². The molecule has 20 heavy (non-hydrogen) atoms. The SMILES string of the molecule is Cc1ccc(Cl)c(OCC(=O)c2ccc(C)c(C)c2)c1. The molecule has 0 aliphatic heterocycles. The summed E-state index contributed by atoms with van der Waals surface area (Å²) in [5, 5.41) is 0.517. The van der Waals surface area contributed by atoms with Gasteiger partial charge in [0.15, 0.2) is 12.4 Å². The fraction of sp³-hybridized carbons (Fsp3) is 0.235. The van der Waals surface area contributed by atoms with Crippen LogP contribution >= 0.6 is 11.6 Å². The van der Waals surface area contributed by atoms with Crippen LogP contribution in [0.3, 0.4) is 0 Å². The zero-order valence-electron chi connectivity index (χ0n) is 11.9. The van der Waals surface area contributed by atoms with Gasteiger partial charge in [-0.2, -0.15) is 0 Å². The summed E-state index contributed by atoms with van der Waals surface area (Å²) in [6, 6.07) is 11.2. The summed E-state index contributed by atoms with van der Waals surface area (Å²) in [5.74, 6) is 0.495. The molecule has 0 fully saturated rings. The lowest BCUT2D eigenvalue weighted by atomic mass is 10.0. The van der Waals surface area contributed by atoms with E-state index in [1.54, 1.807) is 6.07 Å². The third-order valence-electron chi connectivity index (χ3n) is 3.27. The quantitative estimate of drug-likeness (QED) is 0.773. The van der Waals surface area contributed by atoms with Crippen LogP contribution in [0.1, 0.15) is 27.0 Å². The van der Waals surface area contributed by atoms with Crippen molar-refractivity contribution in [1.82, 2.24) is 0 Å². The van der Waals surface area contributed by atoms with Crippen LogP contribution in [-0.2, 0) is 0 Å². The molecule has 0 aromatic heterocycles. The summed E-state index contributed by atoms with van der Waals surface area (Å²) >= 11 is 6.04. The lowest BCUT2D eigenvalue weighted by molar-refractivity contribution is 0.0921. The number of carbonyl (C=O) groups excluding carboxylic acids is 1. The average Bonchev–Trinajstić information content (AvgIpc) is 2.42. The summed E-state index contributed by atoms with van der Waals surface area (Å²) in [6.07, 6.45) is 0. The molecule has 2 rings (SSSR count). The molecule has 2 aromatic rings. The third-order valence-corrected chi connectivity index (χ3v) is 3.59. The number of hydrogen-bond donors (Lipinski definition) is 0. The number of ketones is 1. The first-order chi connectivity index (χ1) is 9.47. The van der Waals surface area contributed by atoms with E-state index in [4.69, 9.17) is 16.3 Å². The minimum atomic E-state index is -0.0503. The molecule has 0 heterocycles. The van der Waals surface area contributed by atoms with E-state index in [1.807, 2.05) is 51.1 Å². The topological polar surface area (TPSA) is 26.3 Å². The number of benzene rings is 2. The number of ether oxygens (including phenoxy) is 1. The Hall–Kier alpha value is -1.80. The van der Waals surface area contributed by atoms with Crippen LogP contribution in [-0.4, -0.2) is 12.4 Å². The van der Waals surface area contributed by atoms with Gasteiger partial charge >= 0.3 is 0 Å². The molecule has 0 atom stereocenters. The van der Waals surface area contributed by atoms with Crippen molar-refractivity contribution < 1.29 is 9.53 Å². The molecule has 0 radical (unpaired) electrons. The van der Waals surface area contributed by atoms with Gasteiger partial charge in [-0.3, -0.25) is 4.79 Å². The van der Waals surface area contributed by atoms with E-state index in [2.05, 4.69) is 0 Å². The molecule has 3 heteroatoms. The van der Waals surface area contributed by atoms with Crippen molar-refractivity contribution in [3.8, 4) is 5.75 Å². The van der Waals surface area contributed by atoms with Crippen LogP contribution in [0, 0.1) is 20.8 Å². The highest BCUT2D eigenvalue weighted by Crippen LogP contribution is 2.25. The zero-order valence-corrected chi connectivity index (χ0v) is 12.6. The average molecular weight is 289 g/mol. The molecule has 104 valence electrons. The number of hydrogen-bond acceptors (Lipinski definition) is 2. The Kier molecular flexibility index (Phi) is 4.46. The van der Waals surface area contributed by atoms with Crippen molar-refractivity contribution >= 4 is 17.4 Å². The number of halogens is 1. The van der Waals surface area contributed by atoms with Gasteiger partial charge in [0.25, 0.3) is 0 Å². The van der Waals surface area contributed by atoms with E-state index in [0.717, 1.165) is 11.1 Å². The van der Waals surface area contributed by atoms with Gasteiger partial charge in [0.05, 0.1) is 5.02 Å². The predicted octanol–water partition coefficient (Wildman–Crippen LogP) is 4.53. The number of carbonyl (C=O) groups is 1. The fourth-order valence-corrected chi connectivity index (χ4v) is 2.03. The van der Waals surface area contributed by atoms with Crippen molar-refractivity contribution in [3.05, 3.63) is 63.7 Å². The highest BCUT2D eigenvalue weighted by atomic mass is 35.5. The van der Waals surface area contributed by atoms with Crippen LogP contribution in [0.25, 0.3) is 0 Å². The third kappa shape index (κ3) is 3.40. The maximum Gasteiger partial charge on any atom is 0.200 e. The Morgan fingerprint density at radius 1 is 1.05 bits per heavy atom. The minimum Gasteiger partial charge on any atom is -0.484 e. The highest BCUT2D eigenvalue weighted by Gasteiger charge is 2.09. The number of rotatable bonds is 4. The van der Waals surface area contributed by atoms with Crippen LogP contribution in [0.15, 0.2) is 36.4 Å². The standard InChI is InChI=1S/C17H17ClO2/c1-11-4-7-15(18)17(8-11)20-10-16(19)14-6-5-12(2)13(3)9-14/h4-9H,10H2,1-3H3. The van der Waals surface area contributed by atoms with E-state index in [1.165, 1.54) is 5.56 Å². The van der Waals surface area contributed by atoms with Crippen LogP contribution in [0.5, 0.6) is 5.75 Å². The van der Waals surface area contributed by atoms with E-state index in [0.29, 0.717) is 16.3 Å². The molecule has 2 nitrogen and oxygen atoms in total. The van der Waals surface area contributed by atoms with Gasteiger partial charge in [-0.05, 0) is 55.7 Å². The molecule has 0 N–H and O–H groups in total.